The Balaban J connectivity index is 1.82. The van der Waals surface area contributed by atoms with E-state index in [1.54, 1.807) is 18.3 Å². The lowest BCUT2D eigenvalue weighted by atomic mass is 9.93. The Morgan fingerprint density at radius 2 is 2.16 bits per heavy atom. The van der Waals surface area contributed by atoms with Crippen LogP contribution in [0.5, 0.6) is 0 Å². The number of hydrogen-bond acceptors (Lipinski definition) is 4. The molecule has 0 atom stereocenters. The fraction of sp³-hybridized carbons (Fsp3) is 0.733. The molecule has 1 aromatic heterocycles. The largest absolute Gasteiger partial charge is 0.301 e. The number of carbonyl (C=O) groups excluding carboxylic acids is 1. The smallest absolute Gasteiger partial charge is 0.135 e. The topological polar surface area (TPSA) is 33.2 Å². The minimum Gasteiger partial charge on any atom is -0.301 e. The van der Waals surface area contributed by atoms with Crippen LogP contribution in [0, 0.1) is 5.92 Å². The summed E-state index contributed by atoms with van der Waals surface area (Å²) in [5, 5.41) is 1.21. The first-order valence-corrected chi connectivity index (χ1v) is 8.03. The predicted molar refractivity (Wildman–Crippen MR) is 79.6 cm³/mol. The number of carbonyl (C=O) groups is 1. The predicted octanol–water partition coefficient (Wildman–Crippen LogP) is 2.94. The number of hydrogen-bond donors (Lipinski definition) is 0. The first-order valence-electron chi connectivity index (χ1n) is 7.21. The lowest BCUT2D eigenvalue weighted by molar-refractivity contribution is -0.116. The molecule has 0 aromatic carbocycles. The fourth-order valence-corrected chi connectivity index (χ4v) is 3.80. The van der Waals surface area contributed by atoms with E-state index in [-0.39, 0.29) is 5.78 Å². The van der Waals surface area contributed by atoms with E-state index in [1.165, 1.54) is 30.9 Å². The summed E-state index contributed by atoms with van der Waals surface area (Å²) >= 11 is 1.72. The number of aromatic nitrogens is 1. The molecule has 0 radical (unpaired) electrons. The van der Waals surface area contributed by atoms with E-state index in [2.05, 4.69) is 23.7 Å². The monoisotopic (exact) mass is 280 g/mol. The van der Waals surface area contributed by atoms with Gasteiger partial charge in [0.15, 0.2) is 0 Å². The number of ketones is 1. The zero-order chi connectivity index (χ0) is 13.8. The maximum atomic E-state index is 11.1. The van der Waals surface area contributed by atoms with Gasteiger partial charge in [0, 0.05) is 30.0 Å². The van der Waals surface area contributed by atoms with Crippen molar-refractivity contribution in [3.8, 4) is 0 Å². The molecule has 1 aliphatic heterocycles. The quantitative estimate of drug-likeness (QED) is 0.831. The fourth-order valence-electron chi connectivity index (χ4n) is 2.69. The third-order valence-electron chi connectivity index (χ3n) is 3.87. The van der Waals surface area contributed by atoms with Crippen molar-refractivity contribution in [2.45, 2.75) is 52.5 Å². The van der Waals surface area contributed by atoms with Gasteiger partial charge in [-0.05, 0) is 52.6 Å². The molecule has 0 bridgehead atoms. The average molecular weight is 280 g/mol. The highest BCUT2D eigenvalue weighted by atomic mass is 32.1. The molecule has 0 N–H and O–H groups in total. The molecule has 106 valence electrons. The van der Waals surface area contributed by atoms with Crippen LogP contribution < -0.4 is 0 Å². The summed E-state index contributed by atoms with van der Waals surface area (Å²) in [5.41, 5.74) is 0. The second-order valence-corrected chi connectivity index (χ2v) is 7.08. The van der Waals surface area contributed by atoms with E-state index < -0.39 is 0 Å². The van der Waals surface area contributed by atoms with Crippen LogP contribution in [0.1, 0.15) is 43.5 Å². The summed E-state index contributed by atoms with van der Waals surface area (Å²) in [6.07, 6.45) is 6.07. The summed E-state index contributed by atoms with van der Waals surface area (Å²) in [6.45, 7) is 8.62. The molecule has 0 aliphatic carbocycles. The molecule has 19 heavy (non-hydrogen) atoms. The van der Waals surface area contributed by atoms with Crippen molar-refractivity contribution >= 4 is 17.1 Å². The van der Waals surface area contributed by atoms with Gasteiger partial charge in [-0.3, -0.25) is 4.79 Å². The van der Waals surface area contributed by atoms with Crippen LogP contribution >= 0.6 is 11.3 Å². The molecule has 3 nitrogen and oxygen atoms in total. The van der Waals surface area contributed by atoms with Crippen molar-refractivity contribution in [3.05, 3.63) is 16.1 Å². The van der Waals surface area contributed by atoms with Gasteiger partial charge in [0.2, 0.25) is 0 Å². The van der Waals surface area contributed by atoms with Crippen LogP contribution in [0.25, 0.3) is 0 Å². The summed E-state index contributed by atoms with van der Waals surface area (Å²) in [6, 6.07) is 0.669. The Labute approximate surface area is 120 Å². The van der Waals surface area contributed by atoms with E-state index in [4.69, 9.17) is 0 Å². The number of rotatable bonds is 5. The van der Waals surface area contributed by atoms with Crippen molar-refractivity contribution < 1.29 is 4.79 Å². The number of nitrogens with zero attached hydrogens (tertiary/aromatic N) is 2. The van der Waals surface area contributed by atoms with Crippen molar-refractivity contribution in [1.82, 2.24) is 9.88 Å². The minimum atomic E-state index is 0.223. The van der Waals surface area contributed by atoms with Crippen LogP contribution in [0.15, 0.2) is 6.20 Å². The highest BCUT2D eigenvalue weighted by molar-refractivity contribution is 7.11. The molecule has 0 amide bonds. The van der Waals surface area contributed by atoms with E-state index in [9.17, 15) is 4.79 Å². The van der Waals surface area contributed by atoms with Crippen LogP contribution in [-0.2, 0) is 17.6 Å². The summed E-state index contributed by atoms with van der Waals surface area (Å²) in [7, 11) is 0. The summed E-state index contributed by atoms with van der Waals surface area (Å²) < 4.78 is 0. The third kappa shape index (κ3) is 4.39. The molecule has 4 heteroatoms. The zero-order valence-corrected chi connectivity index (χ0v) is 13.0. The molecule has 0 saturated carbocycles. The molecule has 1 fully saturated rings. The van der Waals surface area contributed by atoms with E-state index in [0.29, 0.717) is 12.5 Å². The second-order valence-electron chi connectivity index (χ2n) is 5.88. The molecular formula is C15H24N2OS. The average Bonchev–Trinajstić information content (AvgIpc) is 2.76. The maximum Gasteiger partial charge on any atom is 0.135 e. The number of Topliss-reactive ketones (excluding diaryl/α,β-unsaturated/α-hetero) is 1. The molecule has 0 unspecified atom stereocenters. The number of likely N-dealkylation sites (tertiary alicyclic amines) is 1. The van der Waals surface area contributed by atoms with Crippen LogP contribution in [0.3, 0.4) is 0 Å². The molecule has 2 heterocycles. The van der Waals surface area contributed by atoms with Crippen molar-refractivity contribution in [1.29, 1.82) is 0 Å². The van der Waals surface area contributed by atoms with Gasteiger partial charge >= 0.3 is 0 Å². The normalized spacial score (nSPS) is 18.1. The standard InChI is InChI=1S/C15H24N2OS/c1-11(2)17-6-4-13(5-7-17)9-15-16-10-14(19-15)8-12(3)18/h10-11,13H,4-9H2,1-3H3. The van der Waals surface area contributed by atoms with Gasteiger partial charge in [-0.1, -0.05) is 0 Å². The van der Waals surface area contributed by atoms with Crippen LogP contribution in [0.2, 0.25) is 0 Å². The first kappa shape index (κ1) is 14.7. The van der Waals surface area contributed by atoms with Crippen molar-refractivity contribution in [2.24, 2.45) is 5.92 Å². The lowest BCUT2D eigenvalue weighted by Gasteiger charge is -2.34. The van der Waals surface area contributed by atoms with Gasteiger partial charge in [-0.25, -0.2) is 4.98 Å². The van der Waals surface area contributed by atoms with Gasteiger partial charge in [0.1, 0.15) is 5.78 Å². The molecule has 2 rings (SSSR count). The van der Waals surface area contributed by atoms with Gasteiger partial charge in [0.05, 0.1) is 5.01 Å². The van der Waals surface area contributed by atoms with E-state index >= 15 is 0 Å². The molecule has 0 spiro atoms. The molecule has 1 saturated heterocycles. The third-order valence-corrected chi connectivity index (χ3v) is 4.89. The Bertz CT molecular complexity index is 420. The maximum absolute atomic E-state index is 11.1. The van der Waals surface area contributed by atoms with Crippen LogP contribution in [-0.4, -0.2) is 34.8 Å². The highest BCUT2D eigenvalue weighted by Crippen LogP contribution is 2.25. The Hall–Kier alpha value is -0.740. The first-order chi connectivity index (χ1) is 9.04. The Morgan fingerprint density at radius 3 is 2.74 bits per heavy atom. The lowest BCUT2D eigenvalue weighted by Crippen LogP contribution is -2.38. The molecular weight excluding hydrogens is 256 g/mol. The number of thiazole rings is 1. The van der Waals surface area contributed by atoms with Gasteiger partial charge in [-0.2, -0.15) is 0 Å². The molecule has 1 aromatic rings. The number of piperidine rings is 1. The minimum absolute atomic E-state index is 0.223. The molecule has 1 aliphatic rings. The van der Waals surface area contributed by atoms with E-state index in [0.717, 1.165) is 17.2 Å². The summed E-state index contributed by atoms with van der Waals surface area (Å²) in [4.78, 5) is 19.2. The van der Waals surface area contributed by atoms with E-state index in [1.807, 2.05) is 6.20 Å². The Morgan fingerprint density at radius 1 is 1.47 bits per heavy atom. The Kier molecular flexibility index (Phi) is 5.11. The van der Waals surface area contributed by atoms with Crippen molar-refractivity contribution in [3.63, 3.8) is 0 Å². The van der Waals surface area contributed by atoms with Gasteiger partial charge in [-0.15, -0.1) is 11.3 Å². The van der Waals surface area contributed by atoms with Gasteiger partial charge in [0.25, 0.3) is 0 Å². The van der Waals surface area contributed by atoms with Gasteiger partial charge < -0.3 is 4.90 Å². The zero-order valence-electron chi connectivity index (χ0n) is 12.2. The second kappa shape index (κ2) is 6.62. The SMILES string of the molecule is CC(=O)Cc1cnc(CC2CCN(C(C)C)CC2)s1. The van der Waals surface area contributed by atoms with Crippen LogP contribution in [0.4, 0.5) is 0 Å². The van der Waals surface area contributed by atoms with Crippen molar-refractivity contribution in [2.75, 3.05) is 13.1 Å². The summed E-state index contributed by atoms with van der Waals surface area (Å²) in [5.74, 6) is 0.992. The highest BCUT2D eigenvalue weighted by Gasteiger charge is 2.21.